The lowest BCUT2D eigenvalue weighted by atomic mass is 10.5. The van der Waals surface area contributed by atoms with Crippen LogP contribution < -0.4 is 10.0 Å². The monoisotopic (exact) mass is 276 g/mol. The summed E-state index contributed by atoms with van der Waals surface area (Å²) < 4.78 is 26.0. The third-order valence-corrected chi connectivity index (χ3v) is 4.87. The second-order valence-corrected chi connectivity index (χ2v) is 6.82. The molecule has 5 nitrogen and oxygen atoms in total. The van der Waals surface area contributed by atoms with Crippen LogP contribution in [-0.2, 0) is 14.8 Å². The van der Waals surface area contributed by atoms with Crippen molar-refractivity contribution in [1.29, 1.82) is 0 Å². The SMILES string of the molecule is CCCNC(=O)CNS(=O)(=O)c1ccc(C)s1. The molecule has 1 aromatic rings. The van der Waals surface area contributed by atoms with Crippen LogP contribution in [0.3, 0.4) is 0 Å². The van der Waals surface area contributed by atoms with E-state index in [9.17, 15) is 13.2 Å². The number of thiophene rings is 1. The van der Waals surface area contributed by atoms with Crippen molar-refractivity contribution in [1.82, 2.24) is 10.0 Å². The summed E-state index contributed by atoms with van der Waals surface area (Å²) in [5.74, 6) is -0.316. The predicted molar refractivity (Wildman–Crippen MR) is 67.5 cm³/mol. The maximum absolute atomic E-state index is 11.7. The first-order chi connectivity index (χ1) is 7.95. The van der Waals surface area contributed by atoms with E-state index in [4.69, 9.17) is 0 Å². The van der Waals surface area contributed by atoms with Crippen LogP contribution in [0.5, 0.6) is 0 Å². The van der Waals surface area contributed by atoms with Gasteiger partial charge in [-0.3, -0.25) is 4.79 Å². The largest absolute Gasteiger partial charge is 0.355 e. The quantitative estimate of drug-likeness (QED) is 0.809. The van der Waals surface area contributed by atoms with Gasteiger partial charge in [0, 0.05) is 11.4 Å². The van der Waals surface area contributed by atoms with E-state index in [0.29, 0.717) is 6.54 Å². The summed E-state index contributed by atoms with van der Waals surface area (Å²) in [6.07, 6.45) is 0.822. The molecule has 1 rings (SSSR count). The van der Waals surface area contributed by atoms with Crippen molar-refractivity contribution < 1.29 is 13.2 Å². The Bertz CT molecular complexity index is 479. The van der Waals surface area contributed by atoms with Crippen LogP contribution in [0.15, 0.2) is 16.3 Å². The zero-order valence-electron chi connectivity index (χ0n) is 9.82. The van der Waals surface area contributed by atoms with Crippen molar-refractivity contribution in [3.05, 3.63) is 17.0 Å². The van der Waals surface area contributed by atoms with Crippen molar-refractivity contribution in [3.63, 3.8) is 0 Å². The molecule has 0 saturated carbocycles. The molecule has 0 aromatic carbocycles. The van der Waals surface area contributed by atoms with E-state index in [1.165, 1.54) is 17.4 Å². The third-order valence-electron chi connectivity index (χ3n) is 1.98. The Labute approximate surface area is 105 Å². The van der Waals surface area contributed by atoms with Crippen LogP contribution in [0.1, 0.15) is 18.2 Å². The average Bonchev–Trinajstić information content (AvgIpc) is 2.71. The van der Waals surface area contributed by atoms with Crippen LogP contribution >= 0.6 is 11.3 Å². The van der Waals surface area contributed by atoms with Crippen molar-refractivity contribution in [2.24, 2.45) is 0 Å². The number of carbonyl (C=O) groups is 1. The van der Waals surface area contributed by atoms with Crippen LogP contribution in [0, 0.1) is 6.92 Å². The number of rotatable bonds is 6. The minimum Gasteiger partial charge on any atom is -0.355 e. The Kier molecular flexibility index (Phi) is 5.10. The topological polar surface area (TPSA) is 75.3 Å². The molecule has 0 spiro atoms. The lowest BCUT2D eigenvalue weighted by Crippen LogP contribution is -2.36. The van der Waals surface area contributed by atoms with Gasteiger partial charge in [0.25, 0.3) is 10.0 Å². The van der Waals surface area contributed by atoms with Crippen molar-refractivity contribution in [2.75, 3.05) is 13.1 Å². The smallest absolute Gasteiger partial charge is 0.250 e. The number of hydrogen-bond donors (Lipinski definition) is 2. The number of nitrogens with one attached hydrogen (secondary N) is 2. The minimum absolute atomic E-state index is 0.223. The van der Waals surface area contributed by atoms with E-state index in [1.807, 2.05) is 13.8 Å². The lowest BCUT2D eigenvalue weighted by Gasteiger charge is -2.05. The Balaban J connectivity index is 2.54. The number of carbonyl (C=O) groups excluding carboxylic acids is 1. The zero-order chi connectivity index (χ0) is 12.9. The number of sulfonamides is 1. The normalized spacial score (nSPS) is 11.4. The molecule has 0 saturated heterocycles. The molecule has 96 valence electrons. The van der Waals surface area contributed by atoms with Crippen LogP contribution in [0.4, 0.5) is 0 Å². The summed E-state index contributed by atoms with van der Waals surface area (Å²) in [6, 6.07) is 3.27. The first kappa shape index (κ1) is 14.1. The average molecular weight is 276 g/mol. The van der Waals surface area contributed by atoms with E-state index in [1.54, 1.807) is 6.07 Å². The van der Waals surface area contributed by atoms with E-state index in [0.717, 1.165) is 11.3 Å². The first-order valence-electron chi connectivity index (χ1n) is 5.28. The van der Waals surface area contributed by atoms with Crippen molar-refractivity contribution >= 4 is 27.3 Å². The highest BCUT2D eigenvalue weighted by Gasteiger charge is 2.16. The highest BCUT2D eigenvalue weighted by Crippen LogP contribution is 2.19. The van der Waals surface area contributed by atoms with Crippen LogP contribution in [0.2, 0.25) is 0 Å². The van der Waals surface area contributed by atoms with Gasteiger partial charge in [0.05, 0.1) is 6.54 Å². The number of amides is 1. The molecule has 17 heavy (non-hydrogen) atoms. The fraction of sp³-hybridized carbons (Fsp3) is 0.500. The molecule has 1 amide bonds. The van der Waals surface area contributed by atoms with Gasteiger partial charge in [0.15, 0.2) is 0 Å². The van der Waals surface area contributed by atoms with Gasteiger partial charge in [-0.05, 0) is 25.5 Å². The molecule has 0 atom stereocenters. The minimum atomic E-state index is -3.55. The molecule has 1 heterocycles. The summed E-state index contributed by atoms with van der Waals surface area (Å²) in [4.78, 5) is 12.2. The molecule has 0 aliphatic heterocycles. The Morgan fingerprint density at radius 3 is 2.65 bits per heavy atom. The van der Waals surface area contributed by atoms with E-state index in [2.05, 4.69) is 10.0 Å². The van der Waals surface area contributed by atoms with E-state index >= 15 is 0 Å². The Hall–Kier alpha value is -0.920. The molecule has 0 aliphatic rings. The maximum Gasteiger partial charge on any atom is 0.250 e. The molecule has 2 N–H and O–H groups in total. The second-order valence-electron chi connectivity index (χ2n) is 3.54. The van der Waals surface area contributed by atoms with Gasteiger partial charge in [-0.15, -0.1) is 11.3 Å². The summed E-state index contributed by atoms with van der Waals surface area (Å²) in [6.45, 7) is 4.09. The van der Waals surface area contributed by atoms with E-state index < -0.39 is 10.0 Å². The highest BCUT2D eigenvalue weighted by atomic mass is 32.2. The molecular formula is C10H16N2O3S2. The van der Waals surface area contributed by atoms with Crippen molar-refractivity contribution in [2.45, 2.75) is 24.5 Å². The molecule has 0 bridgehead atoms. The molecular weight excluding hydrogens is 260 g/mol. The molecule has 7 heteroatoms. The van der Waals surface area contributed by atoms with Gasteiger partial charge in [-0.25, -0.2) is 13.1 Å². The van der Waals surface area contributed by atoms with Crippen molar-refractivity contribution in [3.8, 4) is 0 Å². The standard InChI is InChI=1S/C10H16N2O3S2/c1-3-6-11-9(13)7-12-17(14,15)10-5-4-8(2)16-10/h4-5,12H,3,6-7H2,1-2H3,(H,11,13). The van der Waals surface area contributed by atoms with Gasteiger partial charge in [-0.1, -0.05) is 6.92 Å². The Morgan fingerprint density at radius 2 is 2.12 bits per heavy atom. The summed E-state index contributed by atoms with van der Waals surface area (Å²) in [5, 5.41) is 2.60. The predicted octanol–water partition coefficient (Wildman–Crippen LogP) is 0.861. The molecule has 0 fully saturated rings. The zero-order valence-corrected chi connectivity index (χ0v) is 11.5. The van der Waals surface area contributed by atoms with E-state index in [-0.39, 0.29) is 16.7 Å². The van der Waals surface area contributed by atoms with Crippen LogP contribution in [0.25, 0.3) is 0 Å². The lowest BCUT2D eigenvalue weighted by molar-refractivity contribution is -0.119. The van der Waals surface area contributed by atoms with Crippen LogP contribution in [-0.4, -0.2) is 27.4 Å². The van der Waals surface area contributed by atoms with Gasteiger partial charge in [0.1, 0.15) is 4.21 Å². The highest BCUT2D eigenvalue weighted by molar-refractivity contribution is 7.91. The summed E-state index contributed by atoms with van der Waals surface area (Å²) >= 11 is 1.18. The molecule has 0 radical (unpaired) electrons. The third kappa shape index (κ3) is 4.45. The first-order valence-corrected chi connectivity index (χ1v) is 7.58. The number of hydrogen-bond acceptors (Lipinski definition) is 4. The fourth-order valence-electron chi connectivity index (χ4n) is 1.12. The molecule has 0 unspecified atom stereocenters. The Morgan fingerprint density at radius 1 is 1.41 bits per heavy atom. The second kappa shape index (κ2) is 6.13. The fourth-order valence-corrected chi connectivity index (χ4v) is 3.43. The number of aryl methyl sites for hydroxylation is 1. The van der Waals surface area contributed by atoms with Gasteiger partial charge >= 0.3 is 0 Å². The summed E-state index contributed by atoms with van der Waals surface area (Å²) in [7, 11) is -3.55. The maximum atomic E-state index is 11.7. The molecule has 0 aliphatic carbocycles. The van der Waals surface area contributed by atoms with Gasteiger partial charge in [-0.2, -0.15) is 0 Å². The summed E-state index contributed by atoms with van der Waals surface area (Å²) in [5.41, 5.74) is 0. The molecule has 1 aromatic heterocycles. The van der Waals surface area contributed by atoms with Gasteiger partial charge in [0.2, 0.25) is 5.91 Å². The van der Waals surface area contributed by atoms with Gasteiger partial charge < -0.3 is 5.32 Å².